The van der Waals surface area contributed by atoms with Crippen LogP contribution in [0.2, 0.25) is 13.3 Å². The molecule has 2 rings (SSSR count). The molecule has 1 aromatic rings. The zero-order valence-electron chi connectivity index (χ0n) is 28.9. The van der Waals surface area contributed by atoms with Crippen LogP contribution in [0.15, 0.2) is 18.2 Å². The summed E-state index contributed by atoms with van der Waals surface area (Å²) in [5.41, 5.74) is -5.68. The maximum absolute atomic E-state index is 15.1. The summed E-state index contributed by atoms with van der Waals surface area (Å²) in [5, 5.41) is 0.339. The Kier molecular flexibility index (Phi) is 16.3. The molecule has 1 aromatic carbocycles. The molecule has 0 radical (unpaired) electrons. The van der Waals surface area contributed by atoms with Gasteiger partial charge in [0.25, 0.3) is 11.8 Å². The topological polar surface area (TPSA) is 102 Å². The van der Waals surface area contributed by atoms with E-state index in [0.29, 0.717) is 37.6 Å². The first-order chi connectivity index (χ1) is 22.9. The maximum atomic E-state index is 15.1. The van der Waals surface area contributed by atoms with Crippen LogP contribution in [0.5, 0.6) is 0 Å². The van der Waals surface area contributed by atoms with Gasteiger partial charge in [0.05, 0.1) is 0 Å². The Bertz CT molecular complexity index is 1240. The first-order valence-corrected chi connectivity index (χ1v) is 24.1. The molecule has 49 heavy (non-hydrogen) atoms. The molecule has 1 aliphatic heterocycles. The van der Waals surface area contributed by atoms with Crippen molar-refractivity contribution in [3.8, 4) is 0 Å². The quantitative estimate of drug-likeness (QED) is 0.0603. The van der Waals surface area contributed by atoms with Gasteiger partial charge in [0, 0.05) is 12.8 Å². The number of nitrogens with zero attached hydrogens (tertiary/aromatic N) is 2. The zero-order valence-corrected chi connectivity index (χ0v) is 31.7. The summed E-state index contributed by atoms with van der Waals surface area (Å²) >= 11 is -4.05. The summed E-state index contributed by atoms with van der Waals surface area (Å²) < 4.78 is 102. The SMILES string of the molecule is CCC[CH2][Sn]([CH2]CCC)([CH2]CCC)[c]1ccc(CN(C)C(=O)CCC(=O)ON2C(=O)CCC2=O)cc1C(OCOC)(C(F)(F)F)C(F)(F)F. The number of imide groups is 1. The number of carbonyl (C=O) groups is 4. The van der Waals surface area contributed by atoms with E-state index in [-0.39, 0.29) is 28.5 Å². The summed E-state index contributed by atoms with van der Waals surface area (Å²) in [6.07, 6.45) is -8.82. The van der Waals surface area contributed by atoms with Crippen LogP contribution in [0.4, 0.5) is 26.3 Å². The summed E-state index contributed by atoms with van der Waals surface area (Å²) in [6.45, 7) is 4.18. The average molecular weight is 817 g/mol. The van der Waals surface area contributed by atoms with Gasteiger partial charge >= 0.3 is 254 Å². The summed E-state index contributed by atoms with van der Waals surface area (Å²) in [5.74, 6) is -3.09. The molecule has 0 unspecified atom stereocenters. The van der Waals surface area contributed by atoms with E-state index in [2.05, 4.69) is 4.74 Å². The first-order valence-electron chi connectivity index (χ1n) is 16.6. The summed E-state index contributed by atoms with van der Waals surface area (Å²) in [6, 6.07) is 3.76. The second-order valence-electron chi connectivity index (χ2n) is 12.5. The number of amides is 3. The molecule has 0 aromatic heterocycles. The Morgan fingerprint density at radius 1 is 0.857 bits per heavy atom. The van der Waals surface area contributed by atoms with E-state index < -0.39 is 85.2 Å². The molecule has 0 saturated carbocycles. The molecular formula is C33H48F6N2O7Sn. The second kappa shape index (κ2) is 18.7. The molecule has 278 valence electrons. The molecule has 1 fully saturated rings. The van der Waals surface area contributed by atoms with E-state index >= 15 is 26.3 Å². The van der Waals surface area contributed by atoms with Gasteiger partial charge in [0.1, 0.15) is 0 Å². The zero-order chi connectivity index (χ0) is 37.0. The molecule has 0 aliphatic carbocycles. The number of rotatable bonds is 20. The number of alkyl halides is 6. The first kappa shape index (κ1) is 42.8. The number of ether oxygens (including phenoxy) is 2. The average Bonchev–Trinajstić information content (AvgIpc) is 3.34. The molecule has 0 atom stereocenters. The number of hydroxylamine groups is 2. The van der Waals surface area contributed by atoms with Gasteiger partial charge < -0.3 is 0 Å². The molecule has 0 spiro atoms. The predicted molar refractivity (Wildman–Crippen MR) is 171 cm³/mol. The Morgan fingerprint density at radius 2 is 1.37 bits per heavy atom. The van der Waals surface area contributed by atoms with Crippen LogP contribution in [0.25, 0.3) is 0 Å². The molecule has 0 N–H and O–H groups in total. The molecule has 16 heteroatoms. The molecule has 1 heterocycles. The molecule has 3 amide bonds. The fraction of sp³-hybridized carbons (Fsp3) is 0.697. The van der Waals surface area contributed by atoms with E-state index in [9.17, 15) is 19.2 Å². The van der Waals surface area contributed by atoms with Crippen molar-refractivity contribution in [3.63, 3.8) is 0 Å². The molecule has 1 aliphatic rings. The van der Waals surface area contributed by atoms with Crippen molar-refractivity contribution in [1.29, 1.82) is 0 Å². The van der Waals surface area contributed by atoms with E-state index in [1.165, 1.54) is 19.2 Å². The van der Waals surface area contributed by atoms with Gasteiger partial charge in [-0.2, -0.15) is 0 Å². The van der Waals surface area contributed by atoms with Crippen LogP contribution in [0, 0.1) is 0 Å². The van der Waals surface area contributed by atoms with Gasteiger partial charge in [0.15, 0.2) is 0 Å². The Labute approximate surface area is 287 Å². The van der Waals surface area contributed by atoms with Gasteiger partial charge in [-0.15, -0.1) is 0 Å². The van der Waals surface area contributed by atoms with Crippen molar-refractivity contribution in [3.05, 3.63) is 29.3 Å². The van der Waals surface area contributed by atoms with E-state index in [4.69, 9.17) is 9.57 Å². The molecule has 1 saturated heterocycles. The second-order valence-corrected chi connectivity index (χ2v) is 25.6. The van der Waals surface area contributed by atoms with E-state index in [0.717, 1.165) is 37.3 Å². The Morgan fingerprint density at radius 3 is 1.82 bits per heavy atom. The third kappa shape index (κ3) is 10.6. The number of methoxy groups -OCH3 is 1. The number of hydrogen-bond donors (Lipinski definition) is 0. The standard InChI is InChI=1S/C21H21F6N2O7.3C4H9.Sn/c1-28(15(30)8-9-18(33)36-29-16(31)6-7-17(29)32)11-13-4-3-5-14(10-13)19(20(22,23)24,21(25,26)27)35-12-34-2;3*1-3-4-2;/h3-4,10H,6-9,11-12H2,1-2H3;3*1,3-4H2,2H3;. The number of unbranched alkanes of at least 4 members (excludes halogenated alkanes) is 3. The number of carbonyl (C=O) groups excluding carboxylic acids is 4. The van der Waals surface area contributed by atoms with Gasteiger partial charge in [0.2, 0.25) is 0 Å². The van der Waals surface area contributed by atoms with Crippen LogP contribution < -0.4 is 3.58 Å². The summed E-state index contributed by atoms with van der Waals surface area (Å²) in [7, 11) is 2.24. The minimum atomic E-state index is -5.92. The van der Waals surface area contributed by atoms with Crippen LogP contribution in [0.3, 0.4) is 0 Å². The Balaban J connectivity index is 2.64. The third-order valence-corrected chi connectivity index (χ3v) is 24.6. The van der Waals surface area contributed by atoms with Gasteiger partial charge in [-0.3, -0.25) is 9.59 Å². The van der Waals surface area contributed by atoms with Crippen molar-refractivity contribution >= 4 is 45.6 Å². The van der Waals surface area contributed by atoms with Crippen molar-refractivity contribution in [2.24, 2.45) is 0 Å². The predicted octanol–water partition coefficient (Wildman–Crippen LogP) is 7.03. The third-order valence-electron chi connectivity index (χ3n) is 8.84. The van der Waals surface area contributed by atoms with Gasteiger partial charge in [-0.05, 0) is 0 Å². The van der Waals surface area contributed by atoms with Crippen LogP contribution in [-0.4, -0.2) is 85.3 Å². The molecule has 9 nitrogen and oxygen atoms in total. The fourth-order valence-electron chi connectivity index (χ4n) is 6.19. The van der Waals surface area contributed by atoms with Crippen LogP contribution >= 0.6 is 0 Å². The van der Waals surface area contributed by atoms with Crippen molar-refractivity contribution in [1.82, 2.24) is 9.96 Å². The summed E-state index contributed by atoms with van der Waals surface area (Å²) in [4.78, 5) is 54.3. The van der Waals surface area contributed by atoms with Gasteiger partial charge in [-0.25, -0.2) is 0 Å². The van der Waals surface area contributed by atoms with Crippen LogP contribution in [0.1, 0.15) is 96.1 Å². The number of benzene rings is 1. The molecule has 0 bridgehead atoms. The monoisotopic (exact) mass is 818 g/mol. The number of hydrogen-bond acceptors (Lipinski definition) is 7. The van der Waals surface area contributed by atoms with Gasteiger partial charge in [-0.1, -0.05) is 0 Å². The van der Waals surface area contributed by atoms with Crippen molar-refractivity contribution < 1.29 is 59.8 Å². The number of halogens is 6. The fourth-order valence-corrected chi connectivity index (χ4v) is 23.0. The van der Waals surface area contributed by atoms with E-state index in [1.54, 1.807) is 0 Å². The Hall–Kier alpha value is -2.40. The van der Waals surface area contributed by atoms with Crippen LogP contribution in [-0.2, 0) is 45.6 Å². The van der Waals surface area contributed by atoms with Crippen molar-refractivity contribution in [2.45, 2.75) is 123 Å². The van der Waals surface area contributed by atoms with E-state index in [1.807, 2.05) is 20.8 Å². The normalized spacial score (nSPS) is 14.5. The van der Waals surface area contributed by atoms with Crippen molar-refractivity contribution in [2.75, 3.05) is 21.0 Å². The molecular weight excluding hydrogens is 769 g/mol. The minimum absolute atomic E-state index is 0.00555.